The summed E-state index contributed by atoms with van der Waals surface area (Å²) >= 11 is 3.52. The van der Waals surface area contributed by atoms with Crippen LogP contribution in [0.5, 0.6) is 5.75 Å². The van der Waals surface area contributed by atoms with E-state index in [-0.39, 0.29) is 0 Å². The van der Waals surface area contributed by atoms with Gasteiger partial charge in [-0.15, -0.1) is 0 Å². The predicted octanol–water partition coefficient (Wildman–Crippen LogP) is 3.73. The molecule has 13 heavy (non-hydrogen) atoms. The van der Waals surface area contributed by atoms with Crippen molar-refractivity contribution in [3.8, 4) is 5.75 Å². The summed E-state index contributed by atoms with van der Waals surface area (Å²) in [5.41, 5.74) is 1.37. The third kappa shape index (κ3) is 1.88. The third-order valence-electron chi connectivity index (χ3n) is 2.30. The first-order chi connectivity index (χ1) is 6.33. The van der Waals surface area contributed by atoms with Crippen molar-refractivity contribution in [2.75, 3.05) is 6.61 Å². The Bertz CT molecular complexity index is 305. The molecule has 70 valence electrons. The number of ether oxygens (including phenoxy) is 1. The molecule has 2 heteroatoms. The van der Waals surface area contributed by atoms with E-state index >= 15 is 0 Å². The van der Waals surface area contributed by atoms with Crippen LogP contribution in [-0.4, -0.2) is 6.61 Å². The molecule has 1 aliphatic carbocycles. The molecule has 0 unspecified atom stereocenters. The second-order valence-corrected chi connectivity index (χ2v) is 4.22. The molecule has 0 saturated heterocycles. The van der Waals surface area contributed by atoms with Gasteiger partial charge in [-0.05, 0) is 53.2 Å². The zero-order valence-electron chi connectivity index (χ0n) is 7.72. The number of benzene rings is 1. The van der Waals surface area contributed by atoms with Crippen molar-refractivity contribution in [3.05, 3.63) is 28.2 Å². The van der Waals surface area contributed by atoms with Gasteiger partial charge in [0.2, 0.25) is 0 Å². The lowest BCUT2D eigenvalue weighted by Crippen LogP contribution is -1.96. The molecule has 0 heterocycles. The quantitative estimate of drug-likeness (QED) is 0.783. The van der Waals surface area contributed by atoms with Gasteiger partial charge in [0.15, 0.2) is 0 Å². The third-order valence-corrected chi connectivity index (χ3v) is 2.93. The van der Waals surface area contributed by atoms with E-state index in [0.717, 1.165) is 22.7 Å². The van der Waals surface area contributed by atoms with Crippen molar-refractivity contribution >= 4 is 15.9 Å². The molecule has 0 N–H and O–H groups in total. The summed E-state index contributed by atoms with van der Waals surface area (Å²) in [6.45, 7) is 2.76. The van der Waals surface area contributed by atoms with Gasteiger partial charge in [0.05, 0.1) is 11.1 Å². The van der Waals surface area contributed by atoms with Crippen molar-refractivity contribution in [1.82, 2.24) is 0 Å². The smallest absolute Gasteiger partial charge is 0.136 e. The van der Waals surface area contributed by atoms with Gasteiger partial charge in [-0.3, -0.25) is 0 Å². The van der Waals surface area contributed by atoms with E-state index in [1.54, 1.807) is 0 Å². The van der Waals surface area contributed by atoms with Crippen LogP contribution in [0.3, 0.4) is 0 Å². The standard InChI is InChI=1S/C11H13BrO/c1-2-13-11-9(8-6-7-8)4-3-5-10(11)12/h3-5,8H,2,6-7H2,1H3. The van der Waals surface area contributed by atoms with Crippen molar-refractivity contribution in [2.45, 2.75) is 25.7 Å². The van der Waals surface area contributed by atoms with Crippen molar-refractivity contribution in [1.29, 1.82) is 0 Å². The fourth-order valence-electron chi connectivity index (χ4n) is 1.54. The Balaban J connectivity index is 2.35. The summed E-state index contributed by atoms with van der Waals surface area (Å²) in [7, 11) is 0. The normalized spacial score (nSPS) is 15.8. The van der Waals surface area contributed by atoms with E-state index < -0.39 is 0 Å². The molecule has 0 amide bonds. The van der Waals surface area contributed by atoms with E-state index in [2.05, 4.69) is 28.1 Å². The molecule has 0 bridgehead atoms. The molecule has 1 fully saturated rings. The highest BCUT2D eigenvalue weighted by Crippen LogP contribution is 2.46. The lowest BCUT2D eigenvalue weighted by atomic mass is 10.1. The minimum atomic E-state index is 0.738. The Morgan fingerprint density at radius 3 is 2.85 bits per heavy atom. The Hall–Kier alpha value is -0.500. The van der Waals surface area contributed by atoms with Crippen molar-refractivity contribution < 1.29 is 4.74 Å². The topological polar surface area (TPSA) is 9.23 Å². The number of para-hydroxylation sites is 1. The molecule has 2 rings (SSSR count). The highest BCUT2D eigenvalue weighted by atomic mass is 79.9. The average Bonchev–Trinajstić information content (AvgIpc) is 2.92. The Kier molecular flexibility index (Phi) is 2.58. The second-order valence-electron chi connectivity index (χ2n) is 3.37. The molecule has 1 aliphatic rings. The van der Waals surface area contributed by atoms with Gasteiger partial charge in [-0.25, -0.2) is 0 Å². The van der Waals surface area contributed by atoms with Gasteiger partial charge >= 0.3 is 0 Å². The zero-order valence-corrected chi connectivity index (χ0v) is 9.30. The Morgan fingerprint density at radius 2 is 2.23 bits per heavy atom. The van der Waals surface area contributed by atoms with Crippen molar-refractivity contribution in [3.63, 3.8) is 0 Å². The number of hydrogen-bond acceptors (Lipinski definition) is 1. The van der Waals surface area contributed by atoms with Crippen LogP contribution < -0.4 is 4.74 Å². The van der Waals surface area contributed by atoms with Crippen LogP contribution in [0.4, 0.5) is 0 Å². The van der Waals surface area contributed by atoms with E-state index in [9.17, 15) is 0 Å². The maximum absolute atomic E-state index is 5.62. The van der Waals surface area contributed by atoms with E-state index in [1.165, 1.54) is 18.4 Å². The summed E-state index contributed by atoms with van der Waals surface area (Å²) in [6, 6.07) is 6.30. The van der Waals surface area contributed by atoms with Crippen LogP contribution in [0.25, 0.3) is 0 Å². The fraction of sp³-hybridized carbons (Fsp3) is 0.455. The first-order valence-electron chi connectivity index (χ1n) is 4.74. The SMILES string of the molecule is CCOc1c(Br)cccc1C1CC1. The second kappa shape index (κ2) is 3.70. The molecule has 0 spiro atoms. The van der Waals surface area contributed by atoms with Gasteiger partial charge in [-0.2, -0.15) is 0 Å². The van der Waals surface area contributed by atoms with Crippen LogP contribution in [0.1, 0.15) is 31.2 Å². The largest absolute Gasteiger partial charge is 0.492 e. The van der Waals surface area contributed by atoms with Crippen LogP contribution in [0, 0.1) is 0 Å². The summed E-state index contributed by atoms with van der Waals surface area (Å²) in [4.78, 5) is 0. The summed E-state index contributed by atoms with van der Waals surface area (Å²) in [6.07, 6.45) is 2.63. The Morgan fingerprint density at radius 1 is 1.46 bits per heavy atom. The first-order valence-corrected chi connectivity index (χ1v) is 5.53. The van der Waals surface area contributed by atoms with Crippen LogP contribution >= 0.6 is 15.9 Å². The molecule has 0 atom stereocenters. The molecule has 0 aliphatic heterocycles. The molecule has 0 radical (unpaired) electrons. The number of hydrogen-bond donors (Lipinski definition) is 0. The molecular weight excluding hydrogens is 228 g/mol. The maximum Gasteiger partial charge on any atom is 0.136 e. The average molecular weight is 241 g/mol. The van der Waals surface area contributed by atoms with Gasteiger partial charge in [0, 0.05) is 0 Å². The maximum atomic E-state index is 5.62. The summed E-state index contributed by atoms with van der Waals surface area (Å²) in [5.74, 6) is 1.80. The highest BCUT2D eigenvalue weighted by molar-refractivity contribution is 9.10. The molecule has 1 nitrogen and oxygen atoms in total. The van der Waals surface area contributed by atoms with E-state index in [4.69, 9.17) is 4.74 Å². The molecule has 1 saturated carbocycles. The first kappa shape index (κ1) is 9.07. The number of halogens is 1. The van der Waals surface area contributed by atoms with Gasteiger partial charge in [0.1, 0.15) is 5.75 Å². The summed E-state index contributed by atoms with van der Waals surface area (Å²) < 4.78 is 6.70. The van der Waals surface area contributed by atoms with E-state index in [1.807, 2.05) is 13.0 Å². The zero-order chi connectivity index (χ0) is 9.26. The lowest BCUT2D eigenvalue weighted by Gasteiger charge is -2.10. The predicted molar refractivity (Wildman–Crippen MR) is 57.3 cm³/mol. The van der Waals surface area contributed by atoms with Crippen molar-refractivity contribution in [2.24, 2.45) is 0 Å². The highest BCUT2D eigenvalue weighted by Gasteiger charge is 2.27. The molecular formula is C11H13BrO. The van der Waals surface area contributed by atoms with Crippen LogP contribution in [0.2, 0.25) is 0 Å². The van der Waals surface area contributed by atoms with Gasteiger partial charge < -0.3 is 4.74 Å². The lowest BCUT2D eigenvalue weighted by molar-refractivity contribution is 0.334. The molecule has 1 aromatic carbocycles. The van der Waals surface area contributed by atoms with Crippen LogP contribution in [0.15, 0.2) is 22.7 Å². The van der Waals surface area contributed by atoms with Gasteiger partial charge in [-0.1, -0.05) is 12.1 Å². The van der Waals surface area contributed by atoms with E-state index in [0.29, 0.717) is 0 Å². The summed E-state index contributed by atoms with van der Waals surface area (Å²) in [5, 5.41) is 0. The minimum absolute atomic E-state index is 0.738. The van der Waals surface area contributed by atoms with Gasteiger partial charge in [0.25, 0.3) is 0 Å². The number of rotatable bonds is 3. The molecule has 0 aromatic heterocycles. The monoisotopic (exact) mass is 240 g/mol. The minimum Gasteiger partial charge on any atom is -0.492 e. The van der Waals surface area contributed by atoms with Crippen LogP contribution in [-0.2, 0) is 0 Å². The Labute approximate surface area is 87.2 Å². The molecule has 1 aromatic rings. The fourth-order valence-corrected chi connectivity index (χ4v) is 2.03.